The van der Waals surface area contributed by atoms with Crippen LogP contribution in [0.15, 0.2) is 24.3 Å². The number of hydrogen-bond acceptors (Lipinski definition) is 2. The van der Waals surface area contributed by atoms with Crippen LogP contribution in [0.1, 0.15) is 19.0 Å². The van der Waals surface area contributed by atoms with Crippen LogP contribution in [-0.4, -0.2) is 22.6 Å². The normalized spacial score (nSPS) is 9.71. The monoisotopic (exact) mass is 227 g/mol. The third kappa shape index (κ3) is 2.85. The summed E-state index contributed by atoms with van der Waals surface area (Å²) in [6.45, 7) is 2.07. The Morgan fingerprint density at radius 3 is 3.12 bits per heavy atom. The minimum Gasteiger partial charge on any atom is -0.355 e. The molecule has 0 bridgehead atoms. The maximum absolute atomic E-state index is 10.6. The first-order valence-electron chi connectivity index (χ1n) is 5.44. The quantitative estimate of drug-likeness (QED) is 0.602. The number of amides is 1. The van der Waals surface area contributed by atoms with Gasteiger partial charge in [0.05, 0.1) is 5.52 Å². The lowest BCUT2D eigenvalue weighted by atomic mass is 10.2. The molecule has 0 atom stereocenters. The van der Waals surface area contributed by atoms with Crippen LogP contribution in [0.4, 0.5) is 0 Å². The van der Waals surface area contributed by atoms with Crippen molar-refractivity contribution in [3.05, 3.63) is 30.0 Å². The van der Waals surface area contributed by atoms with Crippen molar-refractivity contribution in [3.63, 3.8) is 0 Å². The van der Waals surface area contributed by atoms with Crippen LogP contribution in [0, 0.1) is 11.8 Å². The topological polar surface area (TPSA) is 57.8 Å². The summed E-state index contributed by atoms with van der Waals surface area (Å²) in [7, 11) is 0. The Kier molecular flexibility index (Phi) is 3.41. The highest BCUT2D eigenvalue weighted by atomic mass is 16.1. The Morgan fingerprint density at radius 1 is 1.47 bits per heavy atom. The third-order valence-corrected chi connectivity index (χ3v) is 2.30. The highest BCUT2D eigenvalue weighted by molar-refractivity contribution is 5.83. The number of H-pyrrole nitrogens is 1. The van der Waals surface area contributed by atoms with Gasteiger partial charge in [0.2, 0.25) is 5.91 Å². The van der Waals surface area contributed by atoms with E-state index in [0.717, 1.165) is 16.6 Å². The second-order valence-electron chi connectivity index (χ2n) is 3.65. The maximum Gasteiger partial charge on any atom is 0.216 e. The smallest absolute Gasteiger partial charge is 0.216 e. The fraction of sp³-hybridized carbons (Fsp3) is 0.231. The molecule has 0 spiro atoms. The molecule has 0 unspecified atom stereocenters. The predicted molar refractivity (Wildman–Crippen MR) is 66.3 cm³/mol. The Morgan fingerprint density at radius 2 is 2.29 bits per heavy atom. The van der Waals surface area contributed by atoms with Gasteiger partial charge in [0.15, 0.2) is 0 Å². The summed E-state index contributed by atoms with van der Waals surface area (Å²) in [6.07, 6.45) is 0.632. The minimum absolute atomic E-state index is 0.0289. The number of carbonyl (C=O) groups is 1. The van der Waals surface area contributed by atoms with Gasteiger partial charge in [-0.25, -0.2) is 0 Å². The summed E-state index contributed by atoms with van der Waals surface area (Å²) in [5.41, 5.74) is 1.74. The lowest BCUT2D eigenvalue weighted by Crippen LogP contribution is -2.20. The maximum atomic E-state index is 10.6. The Hall–Kier alpha value is -2.28. The van der Waals surface area contributed by atoms with Gasteiger partial charge in [0.25, 0.3) is 0 Å². The molecule has 2 N–H and O–H groups in total. The number of aromatic nitrogens is 2. The zero-order valence-corrected chi connectivity index (χ0v) is 9.58. The van der Waals surface area contributed by atoms with Crippen molar-refractivity contribution >= 4 is 16.8 Å². The molecule has 1 amide bonds. The van der Waals surface area contributed by atoms with E-state index in [9.17, 15) is 4.79 Å². The molecule has 0 saturated heterocycles. The summed E-state index contributed by atoms with van der Waals surface area (Å²) in [6, 6.07) is 7.82. The second-order valence-corrected chi connectivity index (χ2v) is 3.65. The van der Waals surface area contributed by atoms with E-state index in [2.05, 4.69) is 27.4 Å². The molecule has 1 aromatic heterocycles. The molecule has 1 heterocycles. The van der Waals surface area contributed by atoms with Crippen molar-refractivity contribution in [2.24, 2.45) is 0 Å². The van der Waals surface area contributed by atoms with Crippen LogP contribution < -0.4 is 5.32 Å². The van der Waals surface area contributed by atoms with Crippen LogP contribution in [0.2, 0.25) is 0 Å². The summed E-state index contributed by atoms with van der Waals surface area (Å²) in [4.78, 5) is 10.6. The van der Waals surface area contributed by atoms with Crippen LogP contribution in [0.25, 0.3) is 10.9 Å². The standard InChI is InChI=1S/C13H13N3O/c1-10(17)14-9-5-4-8-13-11-6-2-3-7-12(11)15-16-13/h2-3,6-7H,5,9H2,1H3,(H,14,17)(H,15,16). The number of rotatable bonds is 2. The van der Waals surface area contributed by atoms with E-state index < -0.39 is 0 Å². The zero-order valence-electron chi connectivity index (χ0n) is 9.58. The molecule has 0 radical (unpaired) electrons. The molecule has 2 rings (SSSR count). The molecule has 2 aromatic rings. The van der Waals surface area contributed by atoms with Crippen molar-refractivity contribution in [1.29, 1.82) is 0 Å². The molecule has 0 aliphatic rings. The van der Waals surface area contributed by atoms with Crippen molar-refractivity contribution in [2.75, 3.05) is 6.54 Å². The predicted octanol–water partition coefficient (Wildman–Crippen LogP) is 1.44. The van der Waals surface area contributed by atoms with Gasteiger partial charge in [0.1, 0.15) is 5.69 Å². The zero-order chi connectivity index (χ0) is 12.1. The van der Waals surface area contributed by atoms with Crippen molar-refractivity contribution < 1.29 is 4.79 Å². The number of aromatic amines is 1. The number of nitrogens with one attached hydrogen (secondary N) is 2. The fourth-order valence-electron chi connectivity index (χ4n) is 1.51. The van der Waals surface area contributed by atoms with Gasteiger partial charge >= 0.3 is 0 Å². The first kappa shape index (κ1) is 11.2. The van der Waals surface area contributed by atoms with Gasteiger partial charge in [-0.3, -0.25) is 9.89 Å². The Balaban J connectivity index is 2.04. The molecule has 0 saturated carbocycles. The first-order valence-corrected chi connectivity index (χ1v) is 5.44. The third-order valence-electron chi connectivity index (χ3n) is 2.30. The SMILES string of the molecule is CC(=O)NCCC#Cc1[nH]nc2ccccc12. The van der Waals surface area contributed by atoms with Gasteiger partial charge < -0.3 is 5.32 Å². The van der Waals surface area contributed by atoms with Gasteiger partial charge in [0, 0.05) is 25.3 Å². The average Bonchev–Trinajstić information content (AvgIpc) is 2.72. The molecule has 17 heavy (non-hydrogen) atoms. The van der Waals surface area contributed by atoms with E-state index >= 15 is 0 Å². The van der Waals surface area contributed by atoms with E-state index in [1.165, 1.54) is 6.92 Å². The van der Waals surface area contributed by atoms with Gasteiger partial charge in [-0.2, -0.15) is 5.10 Å². The van der Waals surface area contributed by atoms with E-state index in [0.29, 0.717) is 13.0 Å². The van der Waals surface area contributed by atoms with Crippen molar-refractivity contribution in [2.45, 2.75) is 13.3 Å². The van der Waals surface area contributed by atoms with Crippen LogP contribution in [-0.2, 0) is 4.79 Å². The van der Waals surface area contributed by atoms with Crippen LogP contribution in [0.5, 0.6) is 0 Å². The molecule has 0 fully saturated rings. The number of carbonyl (C=O) groups excluding carboxylic acids is 1. The van der Waals surface area contributed by atoms with E-state index in [1.807, 2.05) is 24.3 Å². The highest BCUT2D eigenvalue weighted by Crippen LogP contribution is 2.13. The van der Waals surface area contributed by atoms with E-state index in [1.54, 1.807) is 0 Å². The lowest BCUT2D eigenvalue weighted by Gasteiger charge is -1.94. The second kappa shape index (κ2) is 5.17. The van der Waals surface area contributed by atoms with Gasteiger partial charge in [-0.15, -0.1) is 0 Å². The molecule has 4 heteroatoms. The number of benzene rings is 1. The van der Waals surface area contributed by atoms with E-state index in [4.69, 9.17) is 0 Å². The van der Waals surface area contributed by atoms with Gasteiger partial charge in [-0.05, 0) is 18.1 Å². The van der Waals surface area contributed by atoms with E-state index in [-0.39, 0.29) is 5.91 Å². The van der Waals surface area contributed by atoms with Crippen LogP contribution >= 0.6 is 0 Å². The van der Waals surface area contributed by atoms with Gasteiger partial charge in [-0.1, -0.05) is 18.1 Å². The Bertz CT molecular complexity index is 589. The summed E-state index contributed by atoms with van der Waals surface area (Å²) >= 11 is 0. The van der Waals surface area contributed by atoms with Crippen molar-refractivity contribution in [1.82, 2.24) is 15.5 Å². The molecular weight excluding hydrogens is 214 g/mol. The van der Waals surface area contributed by atoms with Crippen molar-refractivity contribution in [3.8, 4) is 11.8 Å². The average molecular weight is 227 g/mol. The number of nitrogens with zero attached hydrogens (tertiary/aromatic N) is 1. The summed E-state index contributed by atoms with van der Waals surface area (Å²) in [5, 5.41) is 10.8. The first-order chi connectivity index (χ1) is 8.27. The number of fused-ring (bicyclic) bond motifs is 1. The number of para-hydroxylation sites is 1. The molecule has 86 valence electrons. The molecule has 4 nitrogen and oxygen atoms in total. The fourth-order valence-corrected chi connectivity index (χ4v) is 1.51. The lowest BCUT2D eigenvalue weighted by molar-refractivity contribution is -0.118. The minimum atomic E-state index is -0.0289. The summed E-state index contributed by atoms with van der Waals surface area (Å²) in [5.74, 6) is 5.99. The molecule has 0 aliphatic carbocycles. The Labute approximate surface area is 99.4 Å². The molecule has 0 aliphatic heterocycles. The number of hydrogen-bond donors (Lipinski definition) is 2. The molecular formula is C13H13N3O. The van der Waals surface area contributed by atoms with Crippen LogP contribution in [0.3, 0.4) is 0 Å². The molecule has 1 aromatic carbocycles. The summed E-state index contributed by atoms with van der Waals surface area (Å²) < 4.78 is 0. The largest absolute Gasteiger partial charge is 0.355 e. The highest BCUT2D eigenvalue weighted by Gasteiger charge is 1.99.